The number of rotatable bonds is 6. The fourth-order valence-electron chi connectivity index (χ4n) is 4.92. The first-order valence-electron chi connectivity index (χ1n) is 12.4. The molecule has 2 aromatic heterocycles. The van der Waals surface area contributed by atoms with Crippen molar-refractivity contribution < 1.29 is 35.9 Å². The molecule has 0 saturated carbocycles. The van der Waals surface area contributed by atoms with E-state index >= 15 is 17.6 Å². The fraction of sp³-hybridized carbons (Fsp3) is 0.226. The van der Waals surface area contributed by atoms with Crippen LogP contribution in [-0.2, 0) is 0 Å². The third-order valence-corrected chi connectivity index (χ3v) is 9.39. The monoisotopic (exact) mass is 604 g/mol. The van der Waals surface area contributed by atoms with Crippen LogP contribution in [0, 0.1) is 13.8 Å². The largest absolute Gasteiger partial charge is 0.380 e. The third kappa shape index (κ3) is 4.48. The first-order chi connectivity index (χ1) is 19.1. The van der Waals surface area contributed by atoms with Gasteiger partial charge in [-0.2, -0.15) is 26.3 Å². The summed E-state index contributed by atoms with van der Waals surface area (Å²) in [5.74, 6) is -16.3. The van der Waals surface area contributed by atoms with E-state index in [1.54, 1.807) is 48.5 Å². The van der Waals surface area contributed by atoms with Crippen LogP contribution < -0.4 is 0 Å². The Morgan fingerprint density at radius 2 is 0.902 bits per heavy atom. The molecule has 0 bridgehead atoms. The Kier molecular flexibility index (Phi) is 6.94. The Balaban J connectivity index is 1.70. The topological polar surface area (TPSA) is 34.1 Å². The average molecular weight is 605 g/mol. The number of halogens is 6. The van der Waals surface area contributed by atoms with E-state index in [0.29, 0.717) is 32.0 Å². The first-order valence-corrected chi connectivity index (χ1v) is 14.0. The van der Waals surface area contributed by atoms with Gasteiger partial charge in [0.2, 0.25) is 0 Å². The lowest BCUT2D eigenvalue weighted by Crippen LogP contribution is -2.48. The second-order valence-electron chi connectivity index (χ2n) is 9.90. The van der Waals surface area contributed by atoms with Crippen LogP contribution in [0.15, 0.2) is 60.7 Å². The Bertz CT molecular complexity index is 1600. The van der Waals surface area contributed by atoms with Gasteiger partial charge in [0.1, 0.15) is 0 Å². The van der Waals surface area contributed by atoms with Crippen molar-refractivity contribution in [3.63, 3.8) is 0 Å². The molecular formula is C31H22F6O2S2. The molecule has 2 nitrogen and oxygen atoms in total. The van der Waals surface area contributed by atoms with Gasteiger partial charge in [0.15, 0.2) is 11.6 Å². The van der Waals surface area contributed by atoms with Crippen LogP contribution in [0.2, 0.25) is 0 Å². The zero-order chi connectivity index (χ0) is 30.1. The highest BCUT2D eigenvalue weighted by atomic mass is 32.1. The van der Waals surface area contributed by atoms with Gasteiger partial charge < -0.3 is 0 Å². The highest BCUT2D eigenvalue weighted by Gasteiger charge is 2.80. The molecule has 0 unspecified atom stereocenters. The van der Waals surface area contributed by atoms with Gasteiger partial charge >= 0.3 is 17.8 Å². The van der Waals surface area contributed by atoms with Crippen molar-refractivity contribution in [3.8, 4) is 20.9 Å². The van der Waals surface area contributed by atoms with Crippen LogP contribution in [0.1, 0.15) is 55.4 Å². The van der Waals surface area contributed by atoms with Gasteiger partial charge in [0, 0.05) is 41.8 Å². The maximum absolute atomic E-state index is 15.5. The Labute approximate surface area is 240 Å². The van der Waals surface area contributed by atoms with E-state index in [1.807, 2.05) is 0 Å². The summed E-state index contributed by atoms with van der Waals surface area (Å²) >= 11 is 2.02. The normalized spacial score (nSPS) is 17.2. The molecular weight excluding hydrogens is 582 g/mol. The number of carbonyl (C=O) groups excluding carboxylic acids is 2. The van der Waals surface area contributed by atoms with Gasteiger partial charge in [-0.05, 0) is 62.1 Å². The third-order valence-electron chi connectivity index (χ3n) is 7.19. The summed E-state index contributed by atoms with van der Waals surface area (Å²) in [4.78, 5) is 24.4. The minimum absolute atomic E-state index is 0.171. The van der Waals surface area contributed by atoms with Gasteiger partial charge in [-0.1, -0.05) is 48.5 Å². The minimum atomic E-state index is -5.67. The molecule has 0 amide bonds. The van der Waals surface area contributed by atoms with Gasteiger partial charge in [-0.25, -0.2) is 0 Å². The zero-order valence-electron chi connectivity index (χ0n) is 22.2. The van der Waals surface area contributed by atoms with Gasteiger partial charge in [0.25, 0.3) is 0 Å². The number of allylic oxidation sites excluding steroid dienone is 2. The molecule has 0 radical (unpaired) electrons. The van der Waals surface area contributed by atoms with Gasteiger partial charge in [-0.15, -0.1) is 22.7 Å². The number of ketones is 2. The second kappa shape index (κ2) is 9.80. The minimum Gasteiger partial charge on any atom is -0.295 e. The number of alkyl halides is 6. The summed E-state index contributed by atoms with van der Waals surface area (Å²) < 4.78 is 91.7. The molecule has 0 atom stereocenters. The van der Waals surface area contributed by atoms with Crippen molar-refractivity contribution in [3.05, 3.63) is 92.7 Å². The first kappa shape index (κ1) is 29.0. The molecule has 212 valence electrons. The van der Waals surface area contributed by atoms with E-state index in [9.17, 15) is 18.4 Å². The van der Waals surface area contributed by atoms with E-state index in [0.717, 1.165) is 22.7 Å². The van der Waals surface area contributed by atoms with Crippen molar-refractivity contribution in [2.24, 2.45) is 0 Å². The lowest BCUT2D eigenvalue weighted by Gasteiger charge is -2.25. The fourth-order valence-corrected chi connectivity index (χ4v) is 6.98. The van der Waals surface area contributed by atoms with Crippen LogP contribution in [0.4, 0.5) is 26.3 Å². The smallest absolute Gasteiger partial charge is 0.295 e. The Hall–Kier alpha value is -3.50. The number of carbonyl (C=O) groups is 2. The van der Waals surface area contributed by atoms with Crippen molar-refractivity contribution in [2.45, 2.75) is 45.5 Å². The highest BCUT2D eigenvalue weighted by Crippen LogP contribution is 2.66. The van der Waals surface area contributed by atoms with E-state index in [4.69, 9.17) is 0 Å². The molecule has 1 aliphatic rings. The maximum Gasteiger partial charge on any atom is 0.380 e. The van der Waals surface area contributed by atoms with Crippen molar-refractivity contribution >= 4 is 45.4 Å². The van der Waals surface area contributed by atoms with E-state index in [2.05, 4.69) is 0 Å². The summed E-state index contributed by atoms with van der Waals surface area (Å²) in [6, 6.07) is 15.0. The maximum atomic E-state index is 15.5. The SMILES string of the molecule is CC(=O)c1ccc(-c2cc(C3=C(c4cc(-c5ccc(C(C)=O)cc5)sc4C)C(F)(F)C(F)(F)C3(F)F)c(C)s2)cc1. The van der Waals surface area contributed by atoms with E-state index in [1.165, 1.54) is 39.8 Å². The molecule has 0 fully saturated rings. The summed E-state index contributed by atoms with van der Waals surface area (Å²) in [6.07, 6.45) is 0. The van der Waals surface area contributed by atoms with Crippen LogP contribution >= 0.6 is 22.7 Å². The number of Topliss-reactive ketones (excluding diaryl/α,β-unsaturated/α-hetero) is 2. The Morgan fingerprint density at radius 1 is 0.585 bits per heavy atom. The van der Waals surface area contributed by atoms with Crippen LogP contribution in [0.5, 0.6) is 0 Å². The quantitative estimate of drug-likeness (QED) is 0.162. The lowest BCUT2D eigenvalue weighted by molar-refractivity contribution is -0.254. The number of hydrogen-bond donors (Lipinski definition) is 0. The van der Waals surface area contributed by atoms with Gasteiger partial charge in [-0.3, -0.25) is 9.59 Å². The molecule has 2 aromatic carbocycles. The molecule has 1 aliphatic carbocycles. The average Bonchev–Trinajstić information content (AvgIpc) is 3.51. The van der Waals surface area contributed by atoms with Crippen molar-refractivity contribution in [2.75, 3.05) is 0 Å². The lowest BCUT2D eigenvalue weighted by atomic mass is 9.94. The summed E-state index contributed by atoms with van der Waals surface area (Å²) in [6.45, 7) is 5.62. The van der Waals surface area contributed by atoms with E-state index in [-0.39, 0.29) is 32.4 Å². The summed E-state index contributed by atoms with van der Waals surface area (Å²) in [5, 5.41) is 0. The van der Waals surface area contributed by atoms with E-state index < -0.39 is 28.9 Å². The van der Waals surface area contributed by atoms with Crippen LogP contribution in [-0.4, -0.2) is 29.3 Å². The molecule has 5 rings (SSSR count). The molecule has 41 heavy (non-hydrogen) atoms. The zero-order valence-corrected chi connectivity index (χ0v) is 23.8. The summed E-state index contributed by atoms with van der Waals surface area (Å²) in [7, 11) is 0. The molecule has 0 aliphatic heterocycles. The standard InChI is InChI=1S/C31H22F6O2S2/c1-15(38)19-5-9-21(10-6-19)25-13-23(17(3)40-25)27-28(30(34,35)31(36,37)29(27,32)33)24-14-26(41-18(24)4)22-11-7-20(8-12-22)16(2)39/h5-14H,1-4H3. The molecule has 4 aromatic rings. The van der Waals surface area contributed by atoms with Crippen molar-refractivity contribution in [1.29, 1.82) is 0 Å². The predicted octanol–water partition coefficient (Wildman–Crippen LogP) is 10.00. The number of thiophene rings is 2. The molecule has 10 heteroatoms. The second-order valence-corrected chi connectivity index (χ2v) is 12.4. The number of benzene rings is 2. The molecule has 0 saturated heterocycles. The molecule has 2 heterocycles. The van der Waals surface area contributed by atoms with Crippen LogP contribution in [0.25, 0.3) is 32.0 Å². The van der Waals surface area contributed by atoms with Crippen LogP contribution in [0.3, 0.4) is 0 Å². The predicted molar refractivity (Wildman–Crippen MR) is 151 cm³/mol. The Morgan fingerprint density at radius 3 is 1.20 bits per heavy atom. The number of hydrogen-bond acceptors (Lipinski definition) is 4. The van der Waals surface area contributed by atoms with Crippen molar-refractivity contribution in [1.82, 2.24) is 0 Å². The number of aryl methyl sites for hydroxylation is 2. The molecule has 0 spiro atoms. The van der Waals surface area contributed by atoms with Gasteiger partial charge in [0.05, 0.1) is 0 Å². The molecule has 0 N–H and O–H groups in total. The summed E-state index contributed by atoms with van der Waals surface area (Å²) in [5.41, 5.74) is -1.65. The highest BCUT2D eigenvalue weighted by molar-refractivity contribution is 7.16.